The number of aromatic nitrogens is 2. The molecule has 1 heterocycles. The maximum atomic E-state index is 12.6. The average molecular weight is 210 g/mol. The standard InChI is InChI=1S/C9H7FN2OS/c1-6-9(12-13-11-6)14-8-4-2-7(10)3-5-8/h2-5H,1H3. The van der Waals surface area contributed by atoms with E-state index in [1.54, 1.807) is 12.1 Å². The fraction of sp³-hybridized carbons (Fsp3) is 0.111. The van der Waals surface area contributed by atoms with Crippen LogP contribution in [0.2, 0.25) is 0 Å². The van der Waals surface area contributed by atoms with E-state index in [-0.39, 0.29) is 5.82 Å². The van der Waals surface area contributed by atoms with E-state index in [2.05, 4.69) is 14.9 Å². The van der Waals surface area contributed by atoms with Crippen molar-refractivity contribution in [2.75, 3.05) is 0 Å². The molecule has 0 N–H and O–H groups in total. The van der Waals surface area contributed by atoms with E-state index in [0.717, 1.165) is 10.6 Å². The van der Waals surface area contributed by atoms with Crippen LogP contribution in [0.15, 0.2) is 38.8 Å². The summed E-state index contributed by atoms with van der Waals surface area (Å²) in [6.45, 7) is 1.81. The lowest BCUT2D eigenvalue weighted by Crippen LogP contribution is -1.78. The van der Waals surface area contributed by atoms with Crippen LogP contribution in [0.4, 0.5) is 4.39 Å². The third-order valence-electron chi connectivity index (χ3n) is 1.64. The van der Waals surface area contributed by atoms with Gasteiger partial charge in [0.2, 0.25) is 0 Å². The minimum atomic E-state index is -0.246. The Morgan fingerprint density at radius 2 is 1.93 bits per heavy atom. The summed E-state index contributed by atoms with van der Waals surface area (Å²) in [5.41, 5.74) is 0.735. The molecule has 0 unspecified atom stereocenters. The van der Waals surface area contributed by atoms with Gasteiger partial charge in [-0.15, -0.1) is 0 Å². The Labute approximate surface area is 84.3 Å². The number of rotatable bonds is 2. The van der Waals surface area contributed by atoms with E-state index in [1.807, 2.05) is 6.92 Å². The van der Waals surface area contributed by atoms with Crippen LogP contribution < -0.4 is 0 Å². The molecule has 0 bridgehead atoms. The highest BCUT2D eigenvalue weighted by Gasteiger charge is 2.06. The van der Waals surface area contributed by atoms with Crippen molar-refractivity contribution >= 4 is 11.8 Å². The minimum absolute atomic E-state index is 0.246. The third kappa shape index (κ3) is 1.93. The van der Waals surface area contributed by atoms with Crippen LogP contribution in [0, 0.1) is 12.7 Å². The molecule has 0 saturated carbocycles. The van der Waals surface area contributed by atoms with Crippen molar-refractivity contribution in [3.05, 3.63) is 35.8 Å². The van der Waals surface area contributed by atoms with Crippen molar-refractivity contribution in [3.8, 4) is 0 Å². The van der Waals surface area contributed by atoms with Gasteiger partial charge in [-0.1, -0.05) is 16.9 Å². The van der Waals surface area contributed by atoms with Gasteiger partial charge < -0.3 is 0 Å². The second-order valence-electron chi connectivity index (χ2n) is 2.71. The van der Waals surface area contributed by atoms with Gasteiger partial charge in [0.05, 0.1) is 0 Å². The van der Waals surface area contributed by atoms with Crippen LogP contribution >= 0.6 is 11.8 Å². The topological polar surface area (TPSA) is 38.9 Å². The molecule has 0 spiro atoms. The number of hydrogen-bond donors (Lipinski definition) is 0. The second-order valence-corrected chi connectivity index (χ2v) is 3.77. The number of aryl methyl sites for hydroxylation is 1. The number of hydrogen-bond acceptors (Lipinski definition) is 4. The molecular weight excluding hydrogens is 203 g/mol. The Bertz CT molecular complexity index is 427. The molecule has 3 nitrogen and oxygen atoms in total. The van der Waals surface area contributed by atoms with E-state index >= 15 is 0 Å². The molecule has 0 aliphatic carbocycles. The minimum Gasteiger partial charge on any atom is -0.243 e. The fourth-order valence-corrected chi connectivity index (χ4v) is 1.68. The molecule has 0 radical (unpaired) electrons. The van der Waals surface area contributed by atoms with Crippen molar-refractivity contribution in [2.24, 2.45) is 0 Å². The van der Waals surface area contributed by atoms with E-state index < -0.39 is 0 Å². The summed E-state index contributed by atoms with van der Waals surface area (Å²) < 4.78 is 17.1. The lowest BCUT2D eigenvalue weighted by molar-refractivity contribution is 0.297. The third-order valence-corrected chi connectivity index (χ3v) is 2.71. The van der Waals surface area contributed by atoms with Crippen molar-refractivity contribution in [3.63, 3.8) is 0 Å². The molecular formula is C9H7FN2OS. The first kappa shape index (κ1) is 9.21. The first-order chi connectivity index (χ1) is 6.75. The predicted octanol–water partition coefficient (Wildman–Crippen LogP) is 2.67. The highest BCUT2D eigenvalue weighted by atomic mass is 32.2. The zero-order chi connectivity index (χ0) is 9.97. The molecule has 2 aromatic rings. The zero-order valence-corrected chi connectivity index (χ0v) is 8.21. The SMILES string of the molecule is Cc1nonc1Sc1ccc(F)cc1. The second kappa shape index (κ2) is 3.79. The molecule has 0 amide bonds. The Kier molecular flexibility index (Phi) is 2.49. The maximum Gasteiger partial charge on any atom is 0.168 e. The van der Waals surface area contributed by atoms with Crippen LogP contribution in [0.1, 0.15) is 5.69 Å². The lowest BCUT2D eigenvalue weighted by Gasteiger charge is -1.96. The van der Waals surface area contributed by atoms with Gasteiger partial charge in [0.15, 0.2) is 5.03 Å². The Morgan fingerprint density at radius 1 is 1.21 bits per heavy atom. The number of nitrogens with zero attached hydrogens (tertiary/aromatic N) is 2. The Morgan fingerprint density at radius 3 is 2.50 bits per heavy atom. The normalized spacial score (nSPS) is 10.4. The smallest absolute Gasteiger partial charge is 0.168 e. The van der Waals surface area contributed by atoms with Gasteiger partial charge >= 0.3 is 0 Å². The quantitative estimate of drug-likeness (QED) is 0.763. The van der Waals surface area contributed by atoms with Crippen LogP contribution in [0.3, 0.4) is 0 Å². The van der Waals surface area contributed by atoms with Gasteiger partial charge in [-0.2, -0.15) is 0 Å². The zero-order valence-electron chi connectivity index (χ0n) is 7.40. The molecule has 0 aliphatic rings. The summed E-state index contributed by atoms with van der Waals surface area (Å²) in [6.07, 6.45) is 0. The fourth-order valence-electron chi connectivity index (χ4n) is 0.931. The molecule has 1 aromatic heterocycles. The highest BCUT2D eigenvalue weighted by Crippen LogP contribution is 2.27. The van der Waals surface area contributed by atoms with Gasteiger partial charge in [0.1, 0.15) is 11.5 Å². The molecule has 0 fully saturated rings. The average Bonchev–Trinajstić information content (AvgIpc) is 2.56. The van der Waals surface area contributed by atoms with E-state index in [4.69, 9.17) is 0 Å². The Hall–Kier alpha value is -1.36. The molecule has 1 aromatic carbocycles. The molecule has 0 atom stereocenters. The van der Waals surface area contributed by atoms with Gasteiger partial charge in [0.25, 0.3) is 0 Å². The highest BCUT2D eigenvalue weighted by molar-refractivity contribution is 7.99. The molecule has 5 heteroatoms. The largest absolute Gasteiger partial charge is 0.243 e. The van der Waals surface area contributed by atoms with Crippen molar-refractivity contribution in [2.45, 2.75) is 16.8 Å². The summed E-state index contributed by atoms with van der Waals surface area (Å²) in [5, 5.41) is 8.07. The maximum absolute atomic E-state index is 12.6. The van der Waals surface area contributed by atoms with Gasteiger partial charge in [-0.3, -0.25) is 0 Å². The van der Waals surface area contributed by atoms with Crippen LogP contribution in [0.25, 0.3) is 0 Å². The molecule has 0 aliphatic heterocycles. The van der Waals surface area contributed by atoms with E-state index in [9.17, 15) is 4.39 Å². The molecule has 72 valence electrons. The first-order valence-corrected chi connectivity index (χ1v) is 4.80. The van der Waals surface area contributed by atoms with Crippen molar-refractivity contribution < 1.29 is 9.02 Å². The first-order valence-electron chi connectivity index (χ1n) is 3.98. The number of benzene rings is 1. The lowest BCUT2D eigenvalue weighted by atomic mass is 10.4. The van der Waals surface area contributed by atoms with Gasteiger partial charge in [-0.25, -0.2) is 9.02 Å². The molecule has 0 saturated heterocycles. The van der Waals surface area contributed by atoms with E-state index in [0.29, 0.717) is 5.03 Å². The van der Waals surface area contributed by atoms with Crippen molar-refractivity contribution in [1.82, 2.24) is 10.3 Å². The van der Waals surface area contributed by atoms with Gasteiger partial charge in [0, 0.05) is 4.90 Å². The summed E-state index contributed by atoms with van der Waals surface area (Å²) >= 11 is 1.40. The van der Waals surface area contributed by atoms with Crippen LogP contribution in [0.5, 0.6) is 0 Å². The monoisotopic (exact) mass is 210 g/mol. The van der Waals surface area contributed by atoms with E-state index in [1.165, 1.54) is 23.9 Å². The predicted molar refractivity (Wildman–Crippen MR) is 49.6 cm³/mol. The summed E-state index contributed by atoms with van der Waals surface area (Å²) in [5.74, 6) is -0.246. The van der Waals surface area contributed by atoms with Crippen molar-refractivity contribution in [1.29, 1.82) is 0 Å². The number of halogens is 1. The summed E-state index contributed by atoms with van der Waals surface area (Å²) in [7, 11) is 0. The Balaban J connectivity index is 2.19. The van der Waals surface area contributed by atoms with Gasteiger partial charge in [-0.05, 0) is 36.3 Å². The van der Waals surface area contributed by atoms with Crippen LogP contribution in [-0.4, -0.2) is 10.3 Å². The molecule has 14 heavy (non-hydrogen) atoms. The van der Waals surface area contributed by atoms with Crippen LogP contribution in [-0.2, 0) is 0 Å². The summed E-state index contributed by atoms with van der Waals surface area (Å²) in [6, 6.07) is 6.19. The summed E-state index contributed by atoms with van der Waals surface area (Å²) in [4.78, 5) is 0.908. The molecule has 2 rings (SSSR count).